The average Bonchev–Trinajstić information content (AvgIpc) is 2.99. The van der Waals surface area contributed by atoms with Crippen molar-refractivity contribution in [2.45, 2.75) is 34.2 Å². The summed E-state index contributed by atoms with van der Waals surface area (Å²) in [7, 11) is 0. The molecule has 0 bridgehead atoms. The molecule has 0 saturated carbocycles. The molecule has 1 aromatic heterocycles. The van der Waals surface area contributed by atoms with Gasteiger partial charge in [-0.05, 0) is 18.9 Å². The molecule has 1 N–H and O–H groups in total. The Morgan fingerprint density at radius 2 is 2.00 bits per heavy atom. The number of carbonyl (C=O) groups is 1. The molecular formula is C15H19N3OS3. The van der Waals surface area contributed by atoms with Crippen molar-refractivity contribution >= 4 is 40.8 Å². The van der Waals surface area contributed by atoms with E-state index in [4.69, 9.17) is 0 Å². The predicted molar refractivity (Wildman–Crippen MR) is 94.6 cm³/mol. The highest BCUT2D eigenvalue weighted by Crippen LogP contribution is 2.37. The van der Waals surface area contributed by atoms with Crippen LogP contribution in [0.4, 0.5) is 0 Å². The summed E-state index contributed by atoms with van der Waals surface area (Å²) in [4.78, 5) is 11.6. The smallest absolute Gasteiger partial charge is 0.230 e. The number of aromatic nitrogens is 2. The number of carbonyl (C=O) groups excluding carboxylic acids is 1. The van der Waals surface area contributed by atoms with Crippen molar-refractivity contribution in [3.63, 3.8) is 0 Å². The second-order valence-electron chi connectivity index (χ2n) is 4.64. The summed E-state index contributed by atoms with van der Waals surface area (Å²) in [5.41, 5.74) is 1.27. The van der Waals surface area contributed by atoms with Crippen LogP contribution < -0.4 is 5.32 Å². The van der Waals surface area contributed by atoms with E-state index in [1.54, 1.807) is 23.1 Å². The molecule has 0 aliphatic heterocycles. The fraction of sp³-hybridized carbons (Fsp3) is 0.400. The van der Waals surface area contributed by atoms with Crippen LogP contribution in [-0.2, 0) is 4.79 Å². The Hall–Kier alpha value is -1.05. The molecule has 4 nitrogen and oxygen atoms in total. The maximum absolute atomic E-state index is 11.6. The van der Waals surface area contributed by atoms with E-state index in [0.717, 1.165) is 21.6 Å². The first-order chi connectivity index (χ1) is 10.7. The first-order valence-corrected chi connectivity index (χ1v) is 9.81. The van der Waals surface area contributed by atoms with Gasteiger partial charge < -0.3 is 5.32 Å². The number of nitrogens with zero attached hydrogens (tertiary/aromatic N) is 2. The SMILES string of the molecule is CCCNC(=O)CSc1nnc(SC(C)c2ccccc2)s1. The van der Waals surface area contributed by atoms with Gasteiger partial charge in [0.2, 0.25) is 5.91 Å². The van der Waals surface area contributed by atoms with Gasteiger partial charge in [-0.2, -0.15) is 0 Å². The van der Waals surface area contributed by atoms with Gasteiger partial charge in [0.25, 0.3) is 0 Å². The number of nitrogens with one attached hydrogen (secondary N) is 1. The molecule has 2 aromatic rings. The predicted octanol–water partition coefficient (Wildman–Crippen LogP) is 4.01. The third-order valence-corrected chi connectivity index (χ3v) is 6.13. The van der Waals surface area contributed by atoms with Gasteiger partial charge in [-0.15, -0.1) is 10.2 Å². The Balaban J connectivity index is 1.82. The summed E-state index contributed by atoms with van der Waals surface area (Å²) in [6.45, 7) is 4.92. The minimum atomic E-state index is 0.0499. The second-order valence-corrected chi connectivity index (χ2v) is 8.43. The van der Waals surface area contributed by atoms with Gasteiger partial charge in [0, 0.05) is 11.8 Å². The Bertz CT molecular complexity index is 589. The quantitative estimate of drug-likeness (QED) is 0.727. The van der Waals surface area contributed by atoms with Crippen molar-refractivity contribution in [3.8, 4) is 0 Å². The van der Waals surface area contributed by atoms with Gasteiger partial charge in [-0.1, -0.05) is 72.1 Å². The monoisotopic (exact) mass is 353 g/mol. The largest absolute Gasteiger partial charge is 0.355 e. The summed E-state index contributed by atoms with van der Waals surface area (Å²) < 4.78 is 1.78. The fourth-order valence-corrected chi connectivity index (χ4v) is 4.81. The molecule has 7 heteroatoms. The Morgan fingerprint density at radius 3 is 2.73 bits per heavy atom. The lowest BCUT2D eigenvalue weighted by molar-refractivity contribution is -0.118. The number of benzene rings is 1. The molecule has 118 valence electrons. The number of hydrogen-bond acceptors (Lipinski definition) is 6. The number of amides is 1. The van der Waals surface area contributed by atoms with Crippen molar-refractivity contribution in [1.82, 2.24) is 15.5 Å². The summed E-state index contributed by atoms with van der Waals surface area (Å²) >= 11 is 4.68. The van der Waals surface area contributed by atoms with Crippen molar-refractivity contribution in [2.75, 3.05) is 12.3 Å². The third-order valence-electron chi connectivity index (χ3n) is 2.83. The standard InChI is InChI=1S/C15H19N3OS3/c1-3-9-16-13(19)10-20-14-17-18-15(22-14)21-11(2)12-7-5-4-6-8-12/h4-8,11H,3,9-10H2,1-2H3,(H,16,19). The zero-order valence-corrected chi connectivity index (χ0v) is 15.1. The first-order valence-electron chi connectivity index (χ1n) is 7.13. The third kappa shape index (κ3) is 5.62. The molecule has 0 spiro atoms. The molecule has 1 amide bonds. The van der Waals surface area contributed by atoms with Crippen LogP contribution in [0.1, 0.15) is 31.1 Å². The molecule has 0 radical (unpaired) electrons. The minimum Gasteiger partial charge on any atom is -0.355 e. The van der Waals surface area contributed by atoms with Gasteiger partial charge >= 0.3 is 0 Å². The maximum Gasteiger partial charge on any atom is 0.230 e. The van der Waals surface area contributed by atoms with Crippen LogP contribution in [0.15, 0.2) is 39.0 Å². The van der Waals surface area contributed by atoms with Gasteiger partial charge in [0.05, 0.1) is 5.75 Å². The van der Waals surface area contributed by atoms with Crippen LogP contribution in [0.5, 0.6) is 0 Å². The number of thioether (sulfide) groups is 2. The average molecular weight is 354 g/mol. The Kier molecular flexibility index (Phi) is 7.21. The van der Waals surface area contributed by atoms with E-state index in [-0.39, 0.29) is 5.91 Å². The lowest BCUT2D eigenvalue weighted by Crippen LogP contribution is -2.25. The highest BCUT2D eigenvalue weighted by molar-refractivity contribution is 8.03. The Morgan fingerprint density at radius 1 is 1.27 bits per heavy atom. The Labute approximate surface area is 143 Å². The van der Waals surface area contributed by atoms with Crippen LogP contribution >= 0.6 is 34.9 Å². The zero-order chi connectivity index (χ0) is 15.8. The normalized spacial score (nSPS) is 12.1. The molecule has 0 aliphatic carbocycles. The van der Waals surface area contributed by atoms with Crippen LogP contribution in [-0.4, -0.2) is 28.4 Å². The molecule has 1 aromatic carbocycles. The van der Waals surface area contributed by atoms with Crippen LogP contribution in [0.2, 0.25) is 0 Å². The minimum absolute atomic E-state index is 0.0499. The van der Waals surface area contributed by atoms with E-state index < -0.39 is 0 Å². The van der Waals surface area contributed by atoms with Gasteiger partial charge in [0.1, 0.15) is 0 Å². The molecule has 1 heterocycles. The van der Waals surface area contributed by atoms with E-state index in [9.17, 15) is 4.79 Å². The highest BCUT2D eigenvalue weighted by Gasteiger charge is 2.12. The van der Waals surface area contributed by atoms with Gasteiger partial charge in [-0.3, -0.25) is 4.79 Å². The molecular weight excluding hydrogens is 334 g/mol. The molecule has 0 saturated heterocycles. The summed E-state index contributed by atoms with van der Waals surface area (Å²) in [6.07, 6.45) is 0.952. The van der Waals surface area contributed by atoms with E-state index in [2.05, 4.69) is 34.6 Å². The summed E-state index contributed by atoms with van der Waals surface area (Å²) in [6, 6.07) is 10.3. The molecule has 22 heavy (non-hydrogen) atoms. The highest BCUT2D eigenvalue weighted by atomic mass is 32.2. The zero-order valence-electron chi connectivity index (χ0n) is 12.6. The molecule has 1 unspecified atom stereocenters. The first kappa shape index (κ1) is 17.3. The van der Waals surface area contributed by atoms with E-state index in [1.165, 1.54) is 17.3 Å². The van der Waals surface area contributed by atoms with Crippen LogP contribution in [0, 0.1) is 0 Å². The summed E-state index contributed by atoms with van der Waals surface area (Å²) in [5, 5.41) is 11.5. The molecule has 2 rings (SSSR count). The van der Waals surface area contributed by atoms with Crippen LogP contribution in [0.25, 0.3) is 0 Å². The second kappa shape index (κ2) is 9.17. The molecule has 0 aliphatic rings. The van der Waals surface area contributed by atoms with E-state index in [1.807, 2.05) is 25.1 Å². The van der Waals surface area contributed by atoms with E-state index in [0.29, 0.717) is 11.0 Å². The van der Waals surface area contributed by atoms with Crippen molar-refractivity contribution in [3.05, 3.63) is 35.9 Å². The lowest BCUT2D eigenvalue weighted by Gasteiger charge is -2.08. The van der Waals surface area contributed by atoms with Crippen molar-refractivity contribution < 1.29 is 4.79 Å². The van der Waals surface area contributed by atoms with Crippen LogP contribution in [0.3, 0.4) is 0 Å². The lowest BCUT2D eigenvalue weighted by atomic mass is 10.2. The van der Waals surface area contributed by atoms with Crippen molar-refractivity contribution in [2.24, 2.45) is 0 Å². The maximum atomic E-state index is 11.6. The van der Waals surface area contributed by atoms with E-state index >= 15 is 0 Å². The number of hydrogen-bond donors (Lipinski definition) is 1. The number of rotatable bonds is 8. The van der Waals surface area contributed by atoms with Gasteiger partial charge in [-0.25, -0.2) is 0 Å². The fourth-order valence-electron chi connectivity index (χ4n) is 1.69. The topological polar surface area (TPSA) is 54.9 Å². The molecule has 1 atom stereocenters. The molecule has 0 fully saturated rings. The van der Waals surface area contributed by atoms with Crippen molar-refractivity contribution in [1.29, 1.82) is 0 Å². The summed E-state index contributed by atoms with van der Waals surface area (Å²) in [5.74, 6) is 0.446. The van der Waals surface area contributed by atoms with Gasteiger partial charge in [0.15, 0.2) is 8.68 Å².